The summed E-state index contributed by atoms with van der Waals surface area (Å²) in [5, 5.41) is 2.67. The van der Waals surface area contributed by atoms with Gasteiger partial charge in [-0.25, -0.2) is 8.42 Å². The molecule has 2 aromatic rings. The Morgan fingerprint density at radius 3 is 2.37 bits per heavy atom. The number of nitrogens with zero attached hydrogens (tertiary/aromatic N) is 1. The number of thioether (sulfide) groups is 1. The standard InChI is InChI=1S/C19H22N2O4S2/c1-4-13-25-16-7-5-15(6-8-16)20-19(22)14-21(2)27(23,24)18-11-9-17(26-3)10-12-18/h4-12H,1,13-14H2,2-3H3,(H,20,22). The third-order valence-corrected chi connectivity index (χ3v) is 6.20. The molecule has 1 N–H and O–H groups in total. The van der Waals surface area contributed by atoms with Crippen LogP contribution in [0.2, 0.25) is 0 Å². The average molecular weight is 407 g/mol. The number of amides is 1. The fourth-order valence-corrected chi connectivity index (χ4v) is 3.74. The van der Waals surface area contributed by atoms with Crippen molar-refractivity contribution in [2.75, 3.05) is 31.8 Å². The van der Waals surface area contributed by atoms with Crippen LogP contribution in [0.25, 0.3) is 0 Å². The van der Waals surface area contributed by atoms with Gasteiger partial charge in [-0.15, -0.1) is 11.8 Å². The molecule has 0 saturated heterocycles. The van der Waals surface area contributed by atoms with E-state index in [0.717, 1.165) is 9.20 Å². The first-order valence-corrected chi connectivity index (χ1v) is 10.8. The van der Waals surface area contributed by atoms with Gasteiger partial charge in [0.2, 0.25) is 15.9 Å². The van der Waals surface area contributed by atoms with Crippen molar-refractivity contribution in [2.45, 2.75) is 9.79 Å². The van der Waals surface area contributed by atoms with E-state index in [1.54, 1.807) is 42.5 Å². The summed E-state index contributed by atoms with van der Waals surface area (Å²) in [5.41, 5.74) is 0.557. The van der Waals surface area contributed by atoms with Gasteiger partial charge in [0.1, 0.15) is 12.4 Å². The highest BCUT2D eigenvalue weighted by molar-refractivity contribution is 7.98. The van der Waals surface area contributed by atoms with Crippen LogP contribution in [0.1, 0.15) is 0 Å². The monoisotopic (exact) mass is 406 g/mol. The minimum absolute atomic E-state index is 0.152. The maximum atomic E-state index is 12.6. The summed E-state index contributed by atoms with van der Waals surface area (Å²) in [6.07, 6.45) is 3.55. The SMILES string of the molecule is C=CCOc1ccc(NC(=O)CN(C)S(=O)(=O)c2ccc(SC)cc2)cc1. The lowest BCUT2D eigenvalue weighted by Crippen LogP contribution is -2.34. The highest BCUT2D eigenvalue weighted by Gasteiger charge is 2.22. The Labute approximate surface area is 164 Å². The summed E-state index contributed by atoms with van der Waals surface area (Å²) in [6, 6.07) is 13.4. The normalized spacial score (nSPS) is 11.2. The lowest BCUT2D eigenvalue weighted by molar-refractivity contribution is -0.116. The first kappa shape index (κ1) is 21.0. The summed E-state index contributed by atoms with van der Waals surface area (Å²) in [6.45, 7) is 3.68. The average Bonchev–Trinajstić information content (AvgIpc) is 2.67. The number of carbonyl (C=O) groups excluding carboxylic acids is 1. The number of likely N-dealkylation sites (N-methyl/N-ethyl adjacent to an activating group) is 1. The van der Waals surface area contributed by atoms with Crippen molar-refractivity contribution in [1.29, 1.82) is 0 Å². The molecule has 0 aliphatic heterocycles. The van der Waals surface area contributed by atoms with E-state index in [1.165, 1.54) is 30.9 Å². The van der Waals surface area contributed by atoms with Gasteiger partial charge in [-0.1, -0.05) is 12.7 Å². The van der Waals surface area contributed by atoms with Crippen molar-refractivity contribution in [3.05, 3.63) is 61.2 Å². The molecule has 8 heteroatoms. The van der Waals surface area contributed by atoms with E-state index in [2.05, 4.69) is 11.9 Å². The fraction of sp³-hybridized carbons (Fsp3) is 0.211. The Bertz CT molecular complexity index is 879. The van der Waals surface area contributed by atoms with Crippen LogP contribution in [0.3, 0.4) is 0 Å². The van der Waals surface area contributed by atoms with Gasteiger partial charge in [0.25, 0.3) is 0 Å². The molecule has 0 spiro atoms. The summed E-state index contributed by atoms with van der Waals surface area (Å²) < 4.78 is 31.6. The Morgan fingerprint density at radius 2 is 1.81 bits per heavy atom. The van der Waals surface area contributed by atoms with Gasteiger partial charge in [-0.2, -0.15) is 4.31 Å². The second-order valence-corrected chi connectivity index (χ2v) is 8.53. The third-order valence-electron chi connectivity index (χ3n) is 3.64. The van der Waals surface area contributed by atoms with E-state index in [0.29, 0.717) is 18.0 Å². The Morgan fingerprint density at radius 1 is 1.19 bits per heavy atom. The first-order chi connectivity index (χ1) is 12.9. The van der Waals surface area contributed by atoms with E-state index in [-0.39, 0.29) is 11.4 Å². The van der Waals surface area contributed by atoms with Gasteiger partial charge >= 0.3 is 0 Å². The largest absolute Gasteiger partial charge is 0.490 e. The second kappa shape index (κ2) is 9.59. The van der Waals surface area contributed by atoms with Crippen molar-refractivity contribution in [3.8, 4) is 5.75 Å². The smallest absolute Gasteiger partial charge is 0.243 e. The van der Waals surface area contributed by atoms with E-state index in [1.807, 2.05) is 6.26 Å². The molecule has 0 saturated carbocycles. The Balaban J connectivity index is 1.98. The van der Waals surface area contributed by atoms with Gasteiger partial charge in [0.15, 0.2) is 0 Å². The number of nitrogens with one attached hydrogen (secondary N) is 1. The van der Waals surface area contributed by atoms with Gasteiger partial charge in [0.05, 0.1) is 11.4 Å². The summed E-state index contributed by atoms with van der Waals surface area (Å²) in [4.78, 5) is 13.3. The highest BCUT2D eigenvalue weighted by Crippen LogP contribution is 2.20. The molecule has 0 aliphatic rings. The van der Waals surface area contributed by atoms with Crippen molar-refractivity contribution in [2.24, 2.45) is 0 Å². The van der Waals surface area contributed by atoms with Crippen LogP contribution in [-0.4, -0.2) is 45.1 Å². The molecule has 6 nitrogen and oxygen atoms in total. The van der Waals surface area contributed by atoms with Crippen LogP contribution >= 0.6 is 11.8 Å². The number of hydrogen-bond donors (Lipinski definition) is 1. The summed E-state index contributed by atoms with van der Waals surface area (Å²) in [7, 11) is -2.36. The summed E-state index contributed by atoms with van der Waals surface area (Å²) >= 11 is 1.53. The maximum Gasteiger partial charge on any atom is 0.243 e. The van der Waals surface area contributed by atoms with Crippen LogP contribution < -0.4 is 10.1 Å². The zero-order valence-corrected chi connectivity index (χ0v) is 16.8. The van der Waals surface area contributed by atoms with Gasteiger partial charge in [-0.3, -0.25) is 4.79 Å². The minimum Gasteiger partial charge on any atom is -0.490 e. The highest BCUT2D eigenvalue weighted by atomic mass is 32.2. The first-order valence-electron chi connectivity index (χ1n) is 8.11. The molecule has 0 unspecified atom stereocenters. The molecule has 0 fully saturated rings. The summed E-state index contributed by atoms with van der Waals surface area (Å²) in [5.74, 6) is 0.225. The van der Waals surface area contributed by atoms with Crippen LogP contribution in [0.4, 0.5) is 5.69 Å². The number of rotatable bonds is 9. The fourth-order valence-electron chi connectivity index (χ4n) is 2.21. The van der Waals surface area contributed by atoms with Crippen molar-refractivity contribution < 1.29 is 17.9 Å². The van der Waals surface area contributed by atoms with Crippen molar-refractivity contribution in [3.63, 3.8) is 0 Å². The molecule has 0 atom stereocenters. The molecule has 2 aromatic carbocycles. The molecule has 0 heterocycles. The van der Waals surface area contributed by atoms with E-state index in [4.69, 9.17) is 4.74 Å². The second-order valence-electron chi connectivity index (χ2n) is 5.61. The predicted octanol–water partition coefficient (Wildman–Crippen LogP) is 3.23. The van der Waals surface area contributed by atoms with Gasteiger partial charge in [0, 0.05) is 17.6 Å². The molecule has 2 rings (SSSR count). The molecular weight excluding hydrogens is 384 g/mol. The molecule has 0 aromatic heterocycles. The number of sulfonamides is 1. The van der Waals surface area contributed by atoms with Gasteiger partial charge < -0.3 is 10.1 Å². The number of anilines is 1. The number of ether oxygens (including phenoxy) is 1. The molecule has 0 radical (unpaired) electrons. The predicted molar refractivity (Wildman–Crippen MR) is 109 cm³/mol. The molecule has 0 aliphatic carbocycles. The van der Waals surface area contributed by atoms with Crippen LogP contribution in [-0.2, 0) is 14.8 Å². The molecule has 144 valence electrons. The Hall–Kier alpha value is -2.29. The topological polar surface area (TPSA) is 75.7 Å². The number of carbonyl (C=O) groups is 1. The third kappa shape index (κ3) is 5.85. The van der Waals surface area contributed by atoms with E-state index < -0.39 is 15.9 Å². The quantitative estimate of drug-likeness (QED) is 0.511. The number of hydrogen-bond acceptors (Lipinski definition) is 5. The molecule has 1 amide bonds. The molecule has 0 bridgehead atoms. The lowest BCUT2D eigenvalue weighted by Gasteiger charge is -2.17. The van der Waals surface area contributed by atoms with Crippen molar-refractivity contribution >= 4 is 33.4 Å². The molecular formula is C19H22N2O4S2. The maximum absolute atomic E-state index is 12.6. The minimum atomic E-state index is -3.73. The van der Waals surface area contributed by atoms with E-state index in [9.17, 15) is 13.2 Å². The van der Waals surface area contributed by atoms with Crippen LogP contribution in [0, 0.1) is 0 Å². The van der Waals surface area contributed by atoms with Crippen molar-refractivity contribution in [1.82, 2.24) is 4.31 Å². The molecule has 27 heavy (non-hydrogen) atoms. The van der Waals surface area contributed by atoms with E-state index >= 15 is 0 Å². The Kier molecular flexibility index (Phi) is 7.46. The zero-order valence-electron chi connectivity index (χ0n) is 15.2. The lowest BCUT2D eigenvalue weighted by atomic mass is 10.3. The van der Waals surface area contributed by atoms with Crippen LogP contribution in [0.5, 0.6) is 5.75 Å². The zero-order chi connectivity index (χ0) is 19.9. The number of benzene rings is 2. The van der Waals surface area contributed by atoms with Crippen LogP contribution in [0.15, 0.2) is 71.0 Å². The van der Waals surface area contributed by atoms with Gasteiger partial charge in [-0.05, 0) is 54.8 Å².